The molecule has 0 aliphatic carbocycles. The van der Waals surface area contributed by atoms with Gasteiger partial charge in [-0.05, 0) is 39.2 Å². The van der Waals surface area contributed by atoms with Gasteiger partial charge in [-0.25, -0.2) is 0 Å². The van der Waals surface area contributed by atoms with Crippen LogP contribution in [0.3, 0.4) is 0 Å². The first-order valence-electron chi connectivity index (χ1n) is 2.80. The Kier molecular flexibility index (Phi) is 2.77. The van der Waals surface area contributed by atoms with Crippen molar-refractivity contribution in [3.05, 3.63) is 28.7 Å². The van der Waals surface area contributed by atoms with Crippen LogP contribution in [0.4, 0.5) is 0 Å². The van der Waals surface area contributed by atoms with Crippen molar-refractivity contribution in [3.8, 4) is 0 Å². The molecule has 3 heteroatoms. The molecule has 1 nitrogen and oxygen atoms in total. The Morgan fingerprint density at radius 3 is 2.40 bits per heavy atom. The fourth-order valence-electron chi connectivity index (χ4n) is 0.678. The van der Waals surface area contributed by atoms with E-state index < -0.39 is 11.2 Å². The van der Waals surface area contributed by atoms with Gasteiger partial charge in [0.05, 0.1) is 4.47 Å². The lowest BCUT2D eigenvalue weighted by molar-refractivity contribution is 0.600. The zero-order chi connectivity index (χ0) is 7.56. The van der Waals surface area contributed by atoms with Gasteiger partial charge < -0.3 is 4.55 Å². The van der Waals surface area contributed by atoms with Crippen molar-refractivity contribution in [1.29, 1.82) is 0 Å². The Balaban J connectivity index is 3.03. The molecule has 1 unspecified atom stereocenters. The van der Waals surface area contributed by atoms with E-state index in [1.165, 1.54) is 0 Å². The molecule has 54 valence electrons. The van der Waals surface area contributed by atoms with E-state index in [0.717, 1.165) is 9.37 Å². The van der Waals surface area contributed by atoms with Crippen LogP contribution < -0.4 is 0 Å². The van der Waals surface area contributed by atoms with Crippen LogP contribution in [0.25, 0.3) is 0 Å². The summed E-state index contributed by atoms with van der Waals surface area (Å²) in [6, 6.07) is 7.51. The van der Waals surface area contributed by atoms with Crippen molar-refractivity contribution in [1.82, 2.24) is 0 Å². The molecule has 1 aromatic carbocycles. The summed E-state index contributed by atoms with van der Waals surface area (Å²) < 4.78 is 11.9. The highest BCUT2D eigenvalue weighted by Gasteiger charge is 2.06. The standard InChI is InChI=1S/C7H7BrOS/c1-10(9)7-5-3-2-4-6(7)8/h2-5H,1H3. The van der Waals surface area contributed by atoms with E-state index in [0.29, 0.717) is 0 Å². The molecule has 0 fully saturated rings. The van der Waals surface area contributed by atoms with Gasteiger partial charge in [-0.2, -0.15) is 0 Å². The lowest BCUT2D eigenvalue weighted by Gasteiger charge is -2.04. The summed E-state index contributed by atoms with van der Waals surface area (Å²) in [4.78, 5) is 0.850. The van der Waals surface area contributed by atoms with Crippen LogP contribution in [0.2, 0.25) is 0 Å². The Hall–Kier alpha value is 0.01000. The van der Waals surface area contributed by atoms with E-state index in [-0.39, 0.29) is 0 Å². The van der Waals surface area contributed by atoms with Gasteiger partial charge in [-0.1, -0.05) is 12.1 Å². The molecule has 10 heavy (non-hydrogen) atoms. The predicted molar refractivity (Wildman–Crippen MR) is 46.5 cm³/mol. The highest BCUT2D eigenvalue weighted by molar-refractivity contribution is 9.10. The fourth-order valence-corrected chi connectivity index (χ4v) is 2.26. The summed E-state index contributed by atoms with van der Waals surface area (Å²) in [7, 11) is 0. The maximum atomic E-state index is 10.9. The summed E-state index contributed by atoms with van der Waals surface area (Å²) in [5.74, 6) is 0. The van der Waals surface area contributed by atoms with Crippen LogP contribution in [0.15, 0.2) is 33.6 Å². The van der Waals surface area contributed by atoms with Crippen molar-refractivity contribution in [2.45, 2.75) is 4.90 Å². The summed E-state index contributed by atoms with van der Waals surface area (Å²) in [6.45, 7) is 0. The van der Waals surface area contributed by atoms with Gasteiger partial charge in [-0.15, -0.1) is 0 Å². The van der Waals surface area contributed by atoms with Gasteiger partial charge in [0.1, 0.15) is 6.26 Å². The van der Waals surface area contributed by atoms with Crippen molar-refractivity contribution in [3.63, 3.8) is 0 Å². The van der Waals surface area contributed by atoms with Gasteiger partial charge in [0.15, 0.2) is 4.90 Å². The molecule has 0 saturated carbocycles. The van der Waals surface area contributed by atoms with Crippen LogP contribution in [0.1, 0.15) is 0 Å². The van der Waals surface area contributed by atoms with E-state index in [2.05, 4.69) is 15.9 Å². The molecule has 0 aliphatic heterocycles. The third-order valence-electron chi connectivity index (χ3n) is 1.15. The number of hydrogen-bond acceptors (Lipinski definition) is 1. The van der Waals surface area contributed by atoms with Crippen molar-refractivity contribution < 1.29 is 4.55 Å². The first kappa shape index (κ1) is 8.11. The Morgan fingerprint density at radius 1 is 1.40 bits per heavy atom. The molecule has 1 atom stereocenters. The van der Waals surface area contributed by atoms with Gasteiger partial charge in [0, 0.05) is 0 Å². The second kappa shape index (κ2) is 3.42. The highest BCUT2D eigenvalue weighted by atomic mass is 79.9. The fraction of sp³-hybridized carbons (Fsp3) is 0.143. The lowest BCUT2D eigenvalue weighted by Crippen LogP contribution is -1.97. The monoisotopic (exact) mass is 218 g/mol. The first-order valence-corrected chi connectivity index (χ1v) is 5.15. The van der Waals surface area contributed by atoms with E-state index >= 15 is 0 Å². The van der Waals surface area contributed by atoms with Crippen LogP contribution in [-0.2, 0) is 11.2 Å². The molecule has 0 N–H and O–H groups in total. The minimum atomic E-state index is -0.887. The zero-order valence-electron chi connectivity index (χ0n) is 5.50. The zero-order valence-corrected chi connectivity index (χ0v) is 7.91. The van der Waals surface area contributed by atoms with Gasteiger partial charge in [-0.3, -0.25) is 0 Å². The van der Waals surface area contributed by atoms with E-state index in [1.54, 1.807) is 6.26 Å². The largest absolute Gasteiger partial charge is 0.612 e. The van der Waals surface area contributed by atoms with Crippen LogP contribution >= 0.6 is 15.9 Å². The third kappa shape index (κ3) is 1.75. The van der Waals surface area contributed by atoms with Crippen LogP contribution in [0, 0.1) is 0 Å². The summed E-state index contributed by atoms with van der Waals surface area (Å²) in [5.41, 5.74) is 0. The smallest absolute Gasteiger partial charge is 0.166 e. The minimum absolute atomic E-state index is 0.850. The number of hydrogen-bond donors (Lipinski definition) is 0. The van der Waals surface area contributed by atoms with Gasteiger partial charge in [0.25, 0.3) is 0 Å². The third-order valence-corrected chi connectivity index (χ3v) is 3.08. The van der Waals surface area contributed by atoms with E-state index in [1.807, 2.05) is 24.3 Å². The lowest BCUT2D eigenvalue weighted by atomic mass is 10.4. The van der Waals surface area contributed by atoms with Gasteiger partial charge >= 0.3 is 0 Å². The molecule has 1 rings (SSSR count). The Labute approximate surface area is 71.8 Å². The average Bonchev–Trinajstić information content (AvgIpc) is 1.88. The molecule has 0 aromatic heterocycles. The maximum Gasteiger partial charge on any atom is 0.166 e. The number of halogens is 1. The molecule has 0 saturated heterocycles. The Bertz CT molecular complexity index is 225. The summed E-state index contributed by atoms with van der Waals surface area (Å²) >= 11 is 2.42. The molecule has 0 spiro atoms. The second-order valence-electron chi connectivity index (χ2n) is 1.88. The quantitative estimate of drug-likeness (QED) is 0.664. The molecular weight excluding hydrogens is 212 g/mol. The van der Waals surface area contributed by atoms with Crippen LogP contribution in [-0.4, -0.2) is 10.8 Å². The minimum Gasteiger partial charge on any atom is -0.612 e. The van der Waals surface area contributed by atoms with E-state index in [9.17, 15) is 4.55 Å². The van der Waals surface area contributed by atoms with E-state index in [4.69, 9.17) is 0 Å². The highest BCUT2D eigenvalue weighted by Crippen LogP contribution is 2.20. The second-order valence-corrected chi connectivity index (χ2v) is 4.09. The maximum absolute atomic E-state index is 10.9. The van der Waals surface area contributed by atoms with Crippen molar-refractivity contribution in [2.24, 2.45) is 0 Å². The molecule has 0 aliphatic rings. The first-order chi connectivity index (χ1) is 4.72. The van der Waals surface area contributed by atoms with Gasteiger partial charge in [0.2, 0.25) is 0 Å². The van der Waals surface area contributed by atoms with Crippen LogP contribution in [0.5, 0.6) is 0 Å². The SMILES string of the molecule is C[S+]([O-])c1ccccc1Br. The molecule has 1 aromatic rings. The molecule has 0 amide bonds. The van der Waals surface area contributed by atoms with Crippen molar-refractivity contribution >= 4 is 27.1 Å². The number of benzene rings is 1. The average molecular weight is 219 g/mol. The summed E-state index contributed by atoms with van der Waals surface area (Å²) in [5, 5.41) is 0. The summed E-state index contributed by atoms with van der Waals surface area (Å²) in [6.07, 6.45) is 1.67. The Morgan fingerprint density at radius 2 is 2.00 bits per heavy atom. The predicted octanol–water partition coefficient (Wildman–Crippen LogP) is 2.19. The molecular formula is C7H7BrOS. The molecule has 0 radical (unpaired) electrons. The normalized spacial score (nSPS) is 13.1. The molecule has 0 heterocycles. The molecule has 0 bridgehead atoms. The number of rotatable bonds is 1. The topological polar surface area (TPSA) is 23.1 Å². The van der Waals surface area contributed by atoms with Crippen molar-refractivity contribution in [2.75, 3.05) is 6.26 Å².